The number of carbonyl (C=O) groups is 2. The van der Waals surface area contributed by atoms with E-state index in [1.54, 1.807) is 23.1 Å². The van der Waals surface area contributed by atoms with E-state index in [1.807, 2.05) is 55.5 Å². The Balaban J connectivity index is 1.62. The van der Waals surface area contributed by atoms with Crippen molar-refractivity contribution in [1.82, 2.24) is 10.2 Å². The van der Waals surface area contributed by atoms with Crippen molar-refractivity contribution in [2.45, 2.75) is 45.2 Å². The number of rotatable bonds is 11. The molecule has 1 aliphatic rings. The lowest BCUT2D eigenvalue weighted by molar-refractivity contribution is -0.141. The van der Waals surface area contributed by atoms with Crippen LogP contribution < -0.4 is 14.8 Å². The molecule has 3 aromatic carbocycles. The number of aryl methyl sites for hydroxylation is 1. The first-order valence-electron chi connectivity index (χ1n) is 12.4. The van der Waals surface area contributed by atoms with Gasteiger partial charge < -0.3 is 19.7 Å². The molecule has 37 heavy (non-hydrogen) atoms. The van der Waals surface area contributed by atoms with Gasteiger partial charge in [-0.1, -0.05) is 72.6 Å². The maximum atomic E-state index is 13.8. The minimum absolute atomic E-state index is 0.121. The fourth-order valence-corrected chi connectivity index (χ4v) is 4.78. The van der Waals surface area contributed by atoms with Crippen LogP contribution in [0.2, 0.25) is 10.0 Å². The van der Waals surface area contributed by atoms with Gasteiger partial charge in [0.05, 0.1) is 0 Å². The monoisotopic (exact) mass is 540 g/mol. The van der Waals surface area contributed by atoms with Gasteiger partial charge in [0.15, 0.2) is 11.5 Å². The third kappa shape index (κ3) is 6.96. The van der Waals surface area contributed by atoms with Crippen molar-refractivity contribution in [3.8, 4) is 11.5 Å². The maximum absolute atomic E-state index is 13.8. The van der Waals surface area contributed by atoms with Crippen LogP contribution in [0.25, 0.3) is 0 Å². The van der Waals surface area contributed by atoms with Gasteiger partial charge in [-0.05, 0) is 48.2 Å². The van der Waals surface area contributed by atoms with Gasteiger partial charge in [0.2, 0.25) is 18.6 Å². The lowest BCUT2D eigenvalue weighted by Crippen LogP contribution is -2.50. The molecule has 0 fully saturated rings. The second kappa shape index (κ2) is 12.8. The lowest BCUT2D eigenvalue weighted by atomic mass is 10.0. The highest BCUT2D eigenvalue weighted by Crippen LogP contribution is 2.33. The van der Waals surface area contributed by atoms with Gasteiger partial charge in [0, 0.05) is 41.5 Å². The van der Waals surface area contributed by atoms with Gasteiger partial charge in [-0.3, -0.25) is 9.59 Å². The number of benzene rings is 3. The normalized spacial score (nSPS) is 12.7. The molecule has 1 aliphatic heterocycles. The minimum atomic E-state index is -0.731. The lowest BCUT2D eigenvalue weighted by Gasteiger charge is -2.32. The van der Waals surface area contributed by atoms with Crippen LogP contribution in [0.3, 0.4) is 0 Å². The molecule has 0 unspecified atom stereocenters. The Morgan fingerprint density at radius 1 is 0.946 bits per heavy atom. The molecule has 3 aromatic rings. The van der Waals surface area contributed by atoms with E-state index in [9.17, 15) is 9.59 Å². The van der Waals surface area contributed by atoms with Crippen LogP contribution in [0.5, 0.6) is 11.5 Å². The number of hydrogen-bond acceptors (Lipinski definition) is 4. The summed E-state index contributed by atoms with van der Waals surface area (Å²) in [6.45, 7) is 2.83. The van der Waals surface area contributed by atoms with Crippen LogP contribution in [0.4, 0.5) is 0 Å². The van der Waals surface area contributed by atoms with Gasteiger partial charge in [0.25, 0.3) is 0 Å². The first kappa shape index (κ1) is 26.8. The minimum Gasteiger partial charge on any atom is -0.454 e. The van der Waals surface area contributed by atoms with E-state index < -0.39 is 6.04 Å². The Morgan fingerprint density at radius 3 is 2.41 bits per heavy atom. The molecule has 0 spiro atoms. The quantitative estimate of drug-likeness (QED) is 0.332. The fourth-order valence-electron chi connectivity index (χ4n) is 4.27. The summed E-state index contributed by atoms with van der Waals surface area (Å²) in [5.41, 5.74) is 2.52. The number of nitrogens with zero attached hydrogens (tertiary/aromatic N) is 1. The van der Waals surface area contributed by atoms with Crippen molar-refractivity contribution in [1.29, 1.82) is 0 Å². The van der Waals surface area contributed by atoms with Crippen LogP contribution in [0.1, 0.15) is 36.5 Å². The molecule has 0 aliphatic carbocycles. The summed E-state index contributed by atoms with van der Waals surface area (Å²) >= 11 is 13.0. The fraction of sp³-hybridized carbons (Fsp3) is 0.310. The van der Waals surface area contributed by atoms with E-state index >= 15 is 0 Å². The van der Waals surface area contributed by atoms with E-state index in [0.717, 1.165) is 17.5 Å². The third-order valence-corrected chi connectivity index (χ3v) is 6.98. The van der Waals surface area contributed by atoms with Crippen LogP contribution >= 0.6 is 23.2 Å². The smallest absolute Gasteiger partial charge is 0.243 e. The first-order valence-corrected chi connectivity index (χ1v) is 13.1. The summed E-state index contributed by atoms with van der Waals surface area (Å²) < 4.78 is 10.9. The molecular formula is C29H30Cl2N2O4. The Bertz CT molecular complexity index is 1220. The summed E-state index contributed by atoms with van der Waals surface area (Å²) in [4.78, 5) is 28.8. The molecule has 8 heteroatoms. The molecule has 0 radical (unpaired) electrons. The molecule has 0 saturated heterocycles. The molecular weight excluding hydrogens is 511 g/mol. The van der Waals surface area contributed by atoms with Gasteiger partial charge in [0.1, 0.15) is 6.04 Å². The van der Waals surface area contributed by atoms with Gasteiger partial charge in [-0.25, -0.2) is 0 Å². The molecule has 0 bridgehead atoms. The Morgan fingerprint density at radius 2 is 1.68 bits per heavy atom. The van der Waals surface area contributed by atoms with Gasteiger partial charge in [-0.15, -0.1) is 0 Å². The van der Waals surface area contributed by atoms with Crippen LogP contribution in [0, 0.1) is 0 Å². The first-order chi connectivity index (χ1) is 18.0. The number of fused-ring (bicyclic) bond motifs is 1. The topological polar surface area (TPSA) is 67.9 Å². The van der Waals surface area contributed by atoms with Gasteiger partial charge in [-0.2, -0.15) is 0 Å². The van der Waals surface area contributed by atoms with Crippen molar-refractivity contribution in [3.63, 3.8) is 0 Å². The van der Waals surface area contributed by atoms with Crippen molar-refractivity contribution < 1.29 is 19.1 Å². The predicted molar refractivity (Wildman–Crippen MR) is 145 cm³/mol. The molecule has 0 aromatic heterocycles. The highest BCUT2D eigenvalue weighted by Gasteiger charge is 2.31. The zero-order chi connectivity index (χ0) is 26.2. The molecule has 6 nitrogen and oxygen atoms in total. The highest BCUT2D eigenvalue weighted by atomic mass is 35.5. The van der Waals surface area contributed by atoms with Gasteiger partial charge >= 0.3 is 0 Å². The largest absolute Gasteiger partial charge is 0.454 e. The molecule has 4 rings (SSSR count). The summed E-state index contributed by atoms with van der Waals surface area (Å²) in [7, 11) is 0. The zero-order valence-electron chi connectivity index (χ0n) is 20.7. The molecule has 0 saturated carbocycles. The third-order valence-electron chi connectivity index (χ3n) is 6.27. The van der Waals surface area contributed by atoms with Crippen molar-refractivity contribution >= 4 is 35.0 Å². The van der Waals surface area contributed by atoms with Crippen molar-refractivity contribution in [3.05, 3.63) is 93.5 Å². The standard InChI is InChI=1S/C29H30Cl2N2O4/c1-2-15-32-29(35)25(16-20-7-4-3-5-8-20)33(18-22-23(30)9-6-10-24(22)31)28(34)14-12-21-11-13-26-27(17-21)37-19-36-26/h3-11,13,17,25H,2,12,14-16,18-19H2,1H3,(H,32,35)/t25-/m1/s1. The number of nitrogens with one attached hydrogen (secondary N) is 1. The van der Waals surface area contributed by atoms with E-state index in [2.05, 4.69) is 5.32 Å². The maximum Gasteiger partial charge on any atom is 0.243 e. The molecule has 1 N–H and O–H groups in total. The number of carbonyl (C=O) groups excluding carboxylic acids is 2. The summed E-state index contributed by atoms with van der Waals surface area (Å²) in [6.07, 6.45) is 1.84. The molecule has 194 valence electrons. The number of hydrogen-bond donors (Lipinski definition) is 1. The summed E-state index contributed by atoms with van der Waals surface area (Å²) in [5, 5.41) is 3.88. The van der Waals surface area contributed by atoms with E-state index in [1.165, 1.54) is 0 Å². The molecule has 1 heterocycles. The summed E-state index contributed by atoms with van der Waals surface area (Å²) in [6, 6.07) is 19.8. The Hall–Kier alpha value is -3.22. The molecule has 1 atom stereocenters. The second-order valence-electron chi connectivity index (χ2n) is 8.91. The second-order valence-corrected chi connectivity index (χ2v) is 9.72. The predicted octanol–water partition coefficient (Wildman–Crippen LogP) is 5.82. The highest BCUT2D eigenvalue weighted by molar-refractivity contribution is 6.36. The van der Waals surface area contributed by atoms with E-state index in [-0.39, 0.29) is 31.6 Å². The number of amides is 2. The average molecular weight is 541 g/mol. The SMILES string of the molecule is CCCNC(=O)[C@@H](Cc1ccccc1)N(Cc1c(Cl)cccc1Cl)C(=O)CCc1ccc2c(c1)OCO2. The van der Waals surface area contributed by atoms with Crippen molar-refractivity contribution in [2.75, 3.05) is 13.3 Å². The van der Waals surface area contributed by atoms with Crippen LogP contribution in [-0.2, 0) is 29.0 Å². The van der Waals surface area contributed by atoms with E-state index in [4.69, 9.17) is 32.7 Å². The van der Waals surface area contributed by atoms with Crippen LogP contribution in [0.15, 0.2) is 66.7 Å². The number of halogens is 2. The summed E-state index contributed by atoms with van der Waals surface area (Å²) in [5.74, 6) is 0.998. The number of ether oxygens (including phenoxy) is 2. The van der Waals surface area contributed by atoms with E-state index in [0.29, 0.717) is 46.5 Å². The zero-order valence-corrected chi connectivity index (χ0v) is 22.2. The van der Waals surface area contributed by atoms with Crippen molar-refractivity contribution in [2.24, 2.45) is 0 Å². The van der Waals surface area contributed by atoms with Crippen LogP contribution in [-0.4, -0.2) is 36.1 Å². The Kier molecular flexibility index (Phi) is 9.31. The Labute approximate surface area is 227 Å². The average Bonchev–Trinajstić information content (AvgIpc) is 3.38. The molecule has 2 amide bonds.